The molecule has 0 bridgehead atoms. The lowest BCUT2D eigenvalue weighted by atomic mass is 9.82. The van der Waals surface area contributed by atoms with E-state index >= 15 is 0 Å². The van der Waals surface area contributed by atoms with Gasteiger partial charge in [0, 0.05) is 0 Å². The van der Waals surface area contributed by atoms with Crippen molar-refractivity contribution < 1.29 is 0 Å². The molecule has 0 heterocycles. The molecule has 0 aliphatic heterocycles. The van der Waals surface area contributed by atoms with Gasteiger partial charge in [-0.25, -0.2) is 0 Å². The summed E-state index contributed by atoms with van der Waals surface area (Å²) in [4.78, 5) is 0. The van der Waals surface area contributed by atoms with E-state index in [2.05, 4.69) is 13.5 Å². The van der Waals surface area contributed by atoms with Crippen LogP contribution in [0, 0.1) is 5.92 Å². The van der Waals surface area contributed by atoms with Crippen LogP contribution in [0.15, 0.2) is 12.2 Å². The molecule has 1 aliphatic carbocycles. The normalized spacial score (nSPS) is 25.5. The molecule has 0 N–H and O–H groups in total. The van der Waals surface area contributed by atoms with Crippen LogP contribution in [0.3, 0.4) is 0 Å². The van der Waals surface area contributed by atoms with Gasteiger partial charge in [-0.1, -0.05) is 38.3 Å². The highest BCUT2D eigenvalue weighted by atomic mass is 14.2. The average Bonchev–Trinajstić information content (AvgIpc) is 2.03. The second-order valence-corrected chi connectivity index (χ2v) is 3.74. The topological polar surface area (TPSA) is 0 Å². The third-order valence-electron chi connectivity index (χ3n) is 2.78. The second kappa shape index (κ2) is 4.58. The van der Waals surface area contributed by atoms with Crippen LogP contribution in [0.25, 0.3) is 0 Å². The van der Waals surface area contributed by atoms with Crippen LogP contribution in [-0.4, -0.2) is 0 Å². The van der Waals surface area contributed by atoms with E-state index in [1.165, 1.54) is 50.5 Å². The van der Waals surface area contributed by atoms with Gasteiger partial charge in [0.2, 0.25) is 0 Å². The van der Waals surface area contributed by atoms with Crippen molar-refractivity contribution in [2.24, 2.45) is 5.92 Å². The number of hydrogen-bond donors (Lipinski definition) is 0. The van der Waals surface area contributed by atoms with Crippen LogP contribution in [-0.2, 0) is 0 Å². The highest BCUT2D eigenvalue weighted by Gasteiger charge is 2.15. The number of unbranched alkanes of at least 4 members (excludes halogenated alkanes) is 1. The van der Waals surface area contributed by atoms with Crippen molar-refractivity contribution in [2.75, 3.05) is 0 Å². The molecule has 0 nitrogen and oxygen atoms in total. The van der Waals surface area contributed by atoms with Crippen LogP contribution in [0.2, 0.25) is 0 Å². The minimum absolute atomic E-state index is 0.878. The Balaban J connectivity index is 2.24. The molecule has 0 amide bonds. The lowest BCUT2D eigenvalue weighted by Crippen LogP contribution is -2.08. The summed E-state index contributed by atoms with van der Waals surface area (Å²) >= 11 is 0. The Kier molecular flexibility index (Phi) is 3.68. The van der Waals surface area contributed by atoms with Crippen molar-refractivity contribution in [1.82, 2.24) is 0 Å². The van der Waals surface area contributed by atoms with E-state index in [1.54, 1.807) is 0 Å². The average molecular weight is 152 g/mol. The van der Waals surface area contributed by atoms with E-state index in [0.29, 0.717) is 0 Å². The zero-order chi connectivity index (χ0) is 8.10. The first kappa shape index (κ1) is 8.83. The Hall–Kier alpha value is -0.260. The predicted molar refractivity (Wildman–Crippen MR) is 50.6 cm³/mol. The van der Waals surface area contributed by atoms with Crippen LogP contribution in [0.1, 0.15) is 51.9 Å². The summed E-state index contributed by atoms with van der Waals surface area (Å²) in [5.74, 6) is 0.878. The van der Waals surface area contributed by atoms with Gasteiger partial charge in [0.05, 0.1) is 0 Å². The van der Waals surface area contributed by atoms with Gasteiger partial charge in [0.15, 0.2) is 0 Å². The molecule has 0 aromatic heterocycles. The van der Waals surface area contributed by atoms with Gasteiger partial charge >= 0.3 is 0 Å². The molecule has 0 aromatic carbocycles. The van der Waals surface area contributed by atoms with Crippen molar-refractivity contribution in [1.29, 1.82) is 0 Å². The molecule has 1 saturated carbocycles. The van der Waals surface area contributed by atoms with Gasteiger partial charge in [-0.3, -0.25) is 0 Å². The molecule has 11 heavy (non-hydrogen) atoms. The standard InChI is InChI=1S/C11H20/c1-3-4-8-11-9-6-5-7-10(11)2/h11H,2-9H2,1H3/t11-/m0/s1. The first-order chi connectivity index (χ1) is 5.34. The zero-order valence-corrected chi connectivity index (χ0v) is 7.73. The van der Waals surface area contributed by atoms with Gasteiger partial charge < -0.3 is 0 Å². The minimum atomic E-state index is 0.878. The fraction of sp³-hybridized carbons (Fsp3) is 0.818. The molecule has 1 atom stereocenters. The molecule has 0 heteroatoms. The van der Waals surface area contributed by atoms with E-state index in [9.17, 15) is 0 Å². The zero-order valence-electron chi connectivity index (χ0n) is 7.73. The maximum atomic E-state index is 4.15. The first-order valence-electron chi connectivity index (χ1n) is 5.02. The number of allylic oxidation sites excluding steroid dienone is 1. The summed E-state index contributed by atoms with van der Waals surface area (Å²) in [7, 11) is 0. The highest BCUT2D eigenvalue weighted by molar-refractivity contribution is 5.02. The van der Waals surface area contributed by atoms with Gasteiger partial charge in [0.1, 0.15) is 0 Å². The Morgan fingerprint density at radius 2 is 2.27 bits per heavy atom. The van der Waals surface area contributed by atoms with Crippen LogP contribution >= 0.6 is 0 Å². The quantitative estimate of drug-likeness (QED) is 0.538. The fourth-order valence-corrected chi connectivity index (χ4v) is 1.95. The molecule has 1 aliphatic rings. The summed E-state index contributed by atoms with van der Waals surface area (Å²) in [5.41, 5.74) is 1.53. The second-order valence-electron chi connectivity index (χ2n) is 3.74. The lowest BCUT2D eigenvalue weighted by molar-refractivity contribution is 0.418. The maximum absolute atomic E-state index is 4.15. The third-order valence-corrected chi connectivity index (χ3v) is 2.78. The highest BCUT2D eigenvalue weighted by Crippen LogP contribution is 2.31. The Labute approximate surface area is 70.7 Å². The molecule has 0 saturated heterocycles. The van der Waals surface area contributed by atoms with E-state index in [-0.39, 0.29) is 0 Å². The molecule has 0 aromatic rings. The van der Waals surface area contributed by atoms with Crippen LogP contribution in [0.4, 0.5) is 0 Å². The first-order valence-corrected chi connectivity index (χ1v) is 5.02. The van der Waals surface area contributed by atoms with E-state index in [1.807, 2.05) is 0 Å². The van der Waals surface area contributed by atoms with Crippen LogP contribution in [0.5, 0.6) is 0 Å². The maximum Gasteiger partial charge on any atom is -0.0206 e. The summed E-state index contributed by atoms with van der Waals surface area (Å²) in [5, 5.41) is 0. The van der Waals surface area contributed by atoms with Gasteiger partial charge in [0.25, 0.3) is 0 Å². The molecule has 1 rings (SSSR count). The van der Waals surface area contributed by atoms with Gasteiger partial charge in [-0.2, -0.15) is 0 Å². The number of hydrogen-bond acceptors (Lipinski definition) is 0. The summed E-state index contributed by atoms with van der Waals surface area (Å²) in [6.45, 7) is 6.42. The SMILES string of the molecule is C=C1CCCC[C@@H]1CCCC. The summed E-state index contributed by atoms with van der Waals surface area (Å²) in [6, 6.07) is 0. The fourth-order valence-electron chi connectivity index (χ4n) is 1.95. The summed E-state index contributed by atoms with van der Waals surface area (Å²) < 4.78 is 0. The smallest absolute Gasteiger partial charge is 0.0206 e. The Morgan fingerprint density at radius 1 is 1.45 bits per heavy atom. The molecule has 0 unspecified atom stereocenters. The van der Waals surface area contributed by atoms with Crippen molar-refractivity contribution in [3.05, 3.63) is 12.2 Å². The molecule has 0 radical (unpaired) electrons. The number of rotatable bonds is 3. The Bertz CT molecular complexity index is 124. The third kappa shape index (κ3) is 2.69. The van der Waals surface area contributed by atoms with Crippen LogP contribution < -0.4 is 0 Å². The van der Waals surface area contributed by atoms with E-state index in [4.69, 9.17) is 0 Å². The molecule has 1 fully saturated rings. The van der Waals surface area contributed by atoms with Gasteiger partial charge in [-0.15, -0.1) is 0 Å². The molecular weight excluding hydrogens is 132 g/mol. The minimum Gasteiger partial charge on any atom is -0.0996 e. The summed E-state index contributed by atoms with van der Waals surface area (Å²) in [6.07, 6.45) is 9.67. The molecular formula is C11H20. The van der Waals surface area contributed by atoms with Gasteiger partial charge in [-0.05, 0) is 31.6 Å². The van der Waals surface area contributed by atoms with Crippen molar-refractivity contribution >= 4 is 0 Å². The predicted octanol–water partition coefficient (Wildman–Crippen LogP) is 3.92. The van der Waals surface area contributed by atoms with Crippen molar-refractivity contribution in [3.63, 3.8) is 0 Å². The monoisotopic (exact) mass is 152 g/mol. The Morgan fingerprint density at radius 3 is 2.91 bits per heavy atom. The lowest BCUT2D eigenvalue weighted by Gasteiger charge is -2.24. The molecule has 0 spiro atoms. The largest absolute Gasteiger partial charge is 0.0996 e. The van der Waals surface area contributed by atoms with E-state index in [0.717, 1.165) is 5.92 Å². The van der Waals surface area contributed by atoms with Crippen molar-refractivity contribution in [2.45, 2.75) is 51.9 Å². The molecule has 64 valence electrons. The van der Waals surface area contributed by atoms with E-state index < -0.39 is 0 Å². The van der Waals surface area contributed by atoms with Crippen molar-refractivity contribution in [3.8, 4) is 0 Å².